The molecule has 2 saturated heterocycles. The number of rotatable bonds is 6. The first-order valence-corrected chi connectivity index (χ1v) is 10.7. The molecule has 0 bridgehead atoms. The van der Waals surface area contributed by atoms with Crippen LogP contribution in [0.15, 0.2) is 91.0 Å². The van der Waals surface area contributed by atoms with Crippen molar-refractivity contribution in [3.63, 3.8) is 0 Å². The summed E-state index contributed by atoms with van der Waals surface area (Å²) in [5.74, 6) is -1.01. The second kappa shape index (κ2) is 9.54. The Hall–Kier alpha value is -3.52. The van der Waals surface area contributed by atoms with Crippen LogP contribution in [0.2, 0.25) is 0 Å². The van der Waals surface area contributed by atoms with Gasteiger partial charge in [-0.1, -0.05) is 66.7 Å². The SMILES string of the molecule is O=C(OC[C@H]1O[C@H]2OC(c3ccccc3)OC2C1OC(=O)c1ccccc1)c1ccccc1. The largest absolute Gasteiger partial charge is 0.459 e. The second-order valence-corrected chi connectivity index (χ2v) is 7.72. The number of carbonyl (C=O) groups excluding carboxylic acids is 2. The van der Waals surface area contributed by atoms with Crippen LogP contribution < -0.4 is 0 Å². The zero-order chi connectivity index (χ0) is 22.6. The van der Waals surface area contributed by atoms with Crippen LogP contribution in [-0.2, 0) is 23.7 Å². The van der Waals surface area contributed by atoms with Crippen LogP contribution in [0.3, 0.4) is 0 Å². The van der Waals surface area contributed by atoms with Crippen molar-refractivity contribution >= 4 is 11.9 Å². The molecule has 0 aromatic heterocycles. The third kappa shape index (κ3) is 4.66. The molecule has 2 heterocycles. The van der Waals surface area contributed by atoms with Gasteiger partial charge in [-0.15, -0.1) is 0 Å². The molecule has 7 heteroatoms. The first-order valence-electron chi connectivity index (χ1n) is 10.7. The van der Waals surface area contributed by atoms with Crippen molar-refractivity contribution in [1.82, 2.24) is 0 Å². The lowest BCUT2D eigenvalue weighted by atomic mass is 10.1. The molecule has 2 aliphatic heterocycles. The lowest BCUT2D eigenvalue weighted by molar-refractivity contribution is -0.177. The van der Waals surface area contributed by atoms with Gasteiger partial charge in [0.2, 0.25) is 0 Å². The fraction of sp³-hybridized carbons (Fsp3) is 0.231. The Morgan fingerprint density at radius 1 is 0.697 bits per heavy atom. The topological polar surface area (TPSA) is 80.3 Å². The molecule has 0 saturated carbocycles. The molecule has 5 atom stereocenters. The maximum Gasteiger partial charge on any atom is 0.338 e. The van der Waals surface area contributed by atoms with E-state index in [1.54, 1.807) is 48.5 Å². The normalized spacial score (nSPS) is 25.9. The summed E-state index contributed by atoms with van der Waals surface area (Å²) in [5, 5.41) is 0. The van der Waals surface area contributed by atoms with Crippen LogP contribution in [0, 0.1) is 0 Å². The van der Waals surface area contributed by atoms with Gasteiger partial charge in [0, 0.05) is 5.56 Å². The van der Waals surface area contributed by atoms with E-state index >= 15 is 0 Å². The molecule has 3 unspecified atom stereocenters. The Morgan fingerprint density at radius 2 is 1.27 bits per heavy atom. The summed E-state index contributed by atoms with van der Waals surface area (Å²) in [7, 11) is 0. The smallest absolute Gasteiger partial charge is 0.338 e. The first-order chi connectivity index (χ1) is 16.2. The Morgan fingerprint density at radius 3 is 1.91 bits per heavy atom. The third-order valence-corrected chi connectivity index (χ3v) is 5.52. The summed E-state index contributed by atoms with van der Waals surface area (Å²) in [4.78, 5) is 25.2. The van der Waals surface area contributed by atoms with Gasteiger partial charge < -0.3 is 23.7 Å². The number of fused-ring (bicyclic) bond motifs is 1. The van der Waals surface area contributed by atoms with E-state index in [0.29, 0.717) is 11.1 Å². The predicted octanol–water partition coefficient (Wildman–Crippen LogP) is 3.91. The van der Waals surface area contributed by atoms with Gasteiger partial charge in [-0.25, -0.2) is 9.59 Å². The highest BCUT2D eigenvalue weighted by Gasteiger charge is 2.55. The Labute approximate surface area is 190 Å². The lowest BCUT2D eigenvalue weighted by Crippen LogP contribution is -2.39. The van der Waals surface area contributed by atoms with Gasteiger partial charge in [0.15, 0.2) is 24.8 Å². The number of hydrogen-bond acceptors (Lipinski definition) is 7. The number of benzene rings is 3. The van der Waals surface area contributed by atoms with Gasteiger partial charge in [-0.2, -0.15) is 0 Å². The number of carbonyl (C=O) groups is 2. The van der Waals surface area contributed by atoms with Crippen molar-refractivity contribution in [2.75, 3.05) is 6.61 Å². The van der Waals surface area contributed by atoms with Gasteiger partial charge in [0.05, 0.1) is 11.1 Å². The summed E-state index contributed by atoms with van der Waals surface area (Å²) >= 11 is 0. The summed E-state index contributed by atoms with van der Waals surface area (Å²) in [6.45, 7) is -0.115. The van der Waals surface area contributed by atoms with Crippen molar-refractivity contribution in [2.24, 2.45) is 0 Å². The van der Waals surface area contributed by atoms with Crippen LogP contribution in [0.4, 0.5) is 0 Å². The average Bonchev–Trinajstić information content (AvgIpc) is 3.43. The third-order valence-electron chi connectivity index (χ3n) is 5.52. The minimum absolute atomic E-state index is 0.115. The highest BCUT2D eigenvalue weighted by atomic mass is 16.8. The average molecular weight is 446 g/mol. The van der Waals surface area contributed by atoms with Crippen LogP contribution >= 0.6 is 0 Å². The van der Waals surface area contributed by atoms with E-state index in [2.05, 4.69) is 0 Å². The number of hydrogen-bond donors (Lipinski definition) is 0. The van der Waals surface area contributed by atoms with Gasteiger partial charge in [-0.3, -0.25) is 0 Å². The van der Waals surface area contributed by atoms with E-state index in [4.69, 9.17) is 23.7 Å². The zero-order valence-electron chi connectivity index (χ0n) is 17.6. The van der Waals surface area contributed by atoms with E-state index in [0.717, 1.165) is 5.56 Å². The van der Waals surface area contributed by atoms with Gasteiger partial charge >= 0.3 is 11.9 Å². The quantitative estimate of drug-likeness (QED) is 0.531. The molecule has 3 aromatic rings. The van der Waals surface area contributed by atoms with E-state index in [9.17, 15) is 9.59 Å². The summed E-state index contributed by atoms with van der Waals surface area (Å²) in [5.41, 5.74) is 1.65. The molecule has 5 rings (SSSR count). The molecule has 0 spiro atoms. The van der Waals surface area contributed by atoms with Crippen molar-refractivity contribution < 1.29 is 33.3 Å². The highest BCUT2D eigenvalue weighted by molar-refractivity contribution is 5.90. The molecule has 0 amide bonds. The van der Waals surface area contributed by atoms with Gasteiger partial charge in [-0.05, 0) is 24.3 Å². The Kier molecular flexibility index (Phi) is 6.17. The maximum atomic E-state index is 12.8. The standard InChI is InChI=1S/C26H22O7/c27-23(17-10-4-1-5-11-17)29-16-20-21(31-24(28)18-12-6-2-7-13-18)22-26(30-20)33-25(32-22)19-14-8-3-9-15-19/h1-15,20-22,25-26H,16H2/t20-,21?,22?,25?,26+/m1/s1. The molecule has 3 aromatic carbocycles. The van der Waals surface area contributed by atoms with Crippen molar-refractivity contribution in [2.45, 2.75) is 30.9 Å². The van der Waals surface area contributed by atoms with Gasteiger partial charge in [0.1, 0.15) is 12.7 Å². The molecule has 7 nitrogen and oxygen atoms in total. The monoisotopic (exact) mass is 446 g/mol. The molecule has 0 radical (unpaired) electrons. The molecule has 168 valence electrons. The molecule has 0 aliphatic carbocycles. The fourth-order valence-electron chi connectivity index (χ4n) is 3.87. The van der Waals surface area contributed by atoms with Crippen molar-refractivity contribution in [3.8, 4) is 0 Å². The molecule has 2 aliphatic rings. The molecule has 2 fully saturated rings. The summed E-state index contributed by atoms with van der Waals surface area (Å²) < 4.78 is 29.2. The van der Waals surface area contributed by atoms with E-state index in [-0.39, 0.29) is 6.61 Å². The summed E-state index contributed by atoms with van der Waals surface area (Å²) in [6, 6.07) is 26.7. The Bertz CT molecular complexity index is 1090. The molecular weight excluding hydrogens is 424 g/mol. The second-order valence-electron chi connectivity index (χ2n) is 7.72. The molecule has 0 N–H and O–H groups in total. The van der Waals surface area contributed by atoms with Crippen LogP contribution in [0.1, 0.15) is 32.6 Å². The van der Waals surface area contributed by atoms with E-state index in [1.165, 1.54) is 0 Å². The molecule has 33 heavy (non-hydrogen) atoms. The first kappa shape index (κ1) is 21.3. The van der Waals surface area contributed by atoms with E-state index < -0.39 is 42.8 Å². The Balaban J connectivity index is 1.31. The fourth-order valence-corrected chi connectivity index (χ4v) is 3.87. The summed E-state index contributed by atoms with van der Waals surface area (Å²) in [6.07, 6.45) is -3.63. The maximum absolute atomic E-state index is 12.8. The predicted molar refractivity (Wildman–Crippen MR) is 116 cm³/mol. The minimum atomic E-state index is -0.819. The van der Waals surface area contributed by atoms with Crippen molar-refractivity contribution in [3.05, 3.63) is 108 Å². The number of esters is 2. The lowest BCUT2D eigenvalue weighted by Gasteiger charge is -2.23. The molecular formula is C26H22O7. The zero-order valence-corrected chi connectivity index (χ0v) is 17.6. The minimum Gasteiger partial charge on any atom is -0.459 e. The van der Waals surface area contributed by atoms with Crippen LogP contribution in [0.25, 0.3) is 0 Å². The van der Waals surface area contributed by atoms with E-state index in [1.807, 2.05) is 42.5 Å². The van der Waals surface area contributed by atoms with Crippen molar-refractivity contribution in [1.29, 1.82) is 0 Å². The van der Waals surface area contributed by atoms with Crippen LogP contribution in [0.5, 0.6) is 0 Å². The highest BCUT2D eigenvalue weighted by Crippen LogP contribution is 2.40. The van der Waals surface area contributed by atoms with Gasteiger partial charge in [0.25, 0.3) is 0 Å². The van der Waals surface area contributed by atoms with Crippen LogP contribution in [-0.4, -0.2) is 43.1 Å². The number of ether oxygens (including phenoxy) is 5.